The minimum atomic E-state index is -1.41. The number of ether oxygens (including phenoxy) is 2. The molecule has 3 aromatic carbocycles. The van der Waals surface area contributed by atoms with Gasteiger partial charge in [-0.1, -0.05) is 100 Å². The monoisotopic (exact) mass is 789 g/mol. The second kappa shape index (κ2) is 16.2. The highest BCUT2D eigenvalue weighted by Gasteiger charge is 2.77. The molecule has 52 heavy (non-hydrogen) atoms. The van der Waals surface area contributed by atoms with Gasteiger partial charge in [-0.25, -0.2) is 0 Å². The molecule has 0 saturated carbocycles. The minimum Gasteiger partial charge on any atom is -0.463 e. The van der Waals surface area contributed by atoms with Gasteiger partial charge in [0.25, 0.3) is 5.91 Å². The Kier molecular flexibility index (Phi) is 11.6. The number of fused-ring (bicyclic) bond motifs is 1. The fraction of sp³-hybridized carbons (Fsp3) is 0.350. The minimum absolute atomic E-state index is 0.115. The summed E-state index contributed by atoms with van der Waals surface area (Å²) in [4.78, 5) is 59.6. The topological polar surface area (TPSA) is 125 Å². The van der Waals surface area contributed by atoms with Crippen LogP contribution in [0.25, 0.3) is 0 Å². The summed E-state index contributed by atoms with van der Waals surface area (Å²) in [5, 5.41) is 14.4. The maximum Gasteiger partial charge on any atom is 0.306 e. The number of aliphatic hydroxyl groups excluding tert-OH is 1. The molecule has 1 spiro atoms. The molecule has 3 amide bonds. The van der Waals surface area contributed by atoms with Crippen molar-refractivity contribution in [2.24, 2.45) is 11.8 Å². The number of halogens is 2. The van der Waals surface area contributed by atoms with Gasteiger partial charge in [-0.15, -0.1) is 13.2 Å². The molecule has 2 N–H and O–H groups in total. The van der Waals surface area contributed by atoms with E-state index in [4.69, 9.17) is 21.1 Å². The molecule has 3 heterocycles. The molecule has 272 valence electrons. The van der Waals surface area contributed by atoms with E-state index in [-0.39, 0.29) is 30.8 Å². The third-order valence-corrected chi connectivity index (χ3v) is 11.3. The molecule has 8 atom stereocenters. The zero-order chi connectivity index (χ0) is 37.0. The van der Waals surface area contributed by atoms with E-state index < -0.39 is 72.0 Å². The van der Waals surface area contributed by atoms with Crippen LogP contribution in [0.2, 0.25) is 5.02 Å². The van der Waals surface area contributed by atoms with Crippen molar-refractivity contribution in [3.8, 4) is 0 Å². The number of allylic oxidation sites excluding steroid dienone is 1. The number of carbonyl (C=O) groups excluding carboxylic acids is 4. The highest BCUT2D eigenvalue weighted by Crippen LogP contribution is 2.61. The third-order valence-electron chi connectivity index (χ3n) is 10.2. The Labute approximate surface area is 316 Å². The number of nitrogens with one attached hydrogen (secondary N) is 1. The first-order chi connectivity index (χ1) is 25.1. The lowest BCUT2D eigenvalue weighted by atomic mass is 9.70. The van der Waals surface area contributed by atoms with Gasteiger partial charge in [0.15, 0.2) is 0 Å². The average Bonchev–Trinajstić information content (AvgIpc) is 3.76. The van der Waals surface area contributed by atoms with Crippen molar-refractivity contribution < 1.29 is 33.8 Å². The molecule has 0 aliphatic carbocycles. The Morgan fingerprint density at radius 3 is 2.31 bits per heavy atom. The van der Waals surface area contributed by atoms with Gasteiger partial charge in [0.2, 0.25) is 11.8 Å². The molecule has 3 fully saturated rings. The van der Waals surface area contributed by atoms with Crippen LogP contribution in [0.15, 0.2) is 110 Å². The van der Waals surface area contributed by atoms with E-state index in [0.29, 0.717) is 28.3 Å². The Morgan fingerprint density at radius 2 is 1.69 bits per heavy atom. The van der Waals surface area contributed by atoms with Crippen molar-refractivity contribution in [3.05, 3.63) is 126 Å². The lowest BCUT2D eigenvalue weighted by molar-refractivity contribution is -0.146. The second-order valence-corrected chi connectivity index (χ2v) is 14.8. The van der Waals surface area contributed by atoms with E-state index >= 15 is 4.79 Å². The number of esters is 1. The van der Waals surface area contributed by atoms with Gasteiger partial charge in [0, 0.05) is 28.5 Å². The lowest BCUT2D eigenvalue weighted by Gasteiger charge is -2.39. The smallest absolute Gasteiger partial charge is 0.306 e. The zero-order valence-electron chi connectivity index (χ0n) is 28.5. The number of alkyl halides is 1. The quantitative estimate of drug-likeness (QED) is 0.115. The summed E-state index contributed by atoms with van der Waals surface area (Å²) in [7, 11) is 0. The number of carbonyl (C=O) groups is 4. The van der Waals surface area contributed by atoms with Gasteiger partial charge in [-0.2, -0.15) is 0 Å². The molecule has 12 heteroatoms. The Morgan fingerprint density at radius 1 is 1.04 bits per heavy atom. The number of aliphatic hydroxyl groups is 1. The molecule has 3 aliphatic rings. The molecule has 1 unspecified atom stereocenters. The number of hydrogen-bond acceptors (Lipinski definition) is 7. The highest BCUT2D eigenvalue weighted by molar-refractivity contribution is 9.09. The SMILES string of the molecule is C=CCCC(=O)OC[C@H](NC(=O)[C@H]1[C@@H]2O[C@@]3(CC2Br)[C@@H]1C(=O)N([C@H](CO)c1ccccc1)[C@@H]3C(=O)N(CC=C)c1ccc(Cl)cc1)c1ccccc1. The number of benzene rings is 3. The largest absolute Gasteiger partial charge is 0.463 e. The predicted octanol–water partition coefficient (Wildman–Crippen LogP) is 5.71. The molecule has 0 aromatic heterocycles. The first kappa shape index (κ1) is 37.5. The van der Waals surface area contributed by atoms with Crippen LogP contribution in [-0.2, 0) is 28.7 Å². The molecule has 3 aromatic rings. The Balaban J connectivity index is 1.40. The fourth-order valence-electron chi connectivity index (χ4n) is 7.87. The molecule has 6 rings (SSSR count). The van der Waals surface area contributed by atoms with Crippen molar-refractivity contribution in [2.75, 3.05) is 24.7 Å². The number of amides is 3. The van der Waals surface area contributed by atoms with Gasteiger partial charge >= 0.3 is 5.97 Å². The summed E-state index contributed by atoms with van der Waals surface area (Å²) in [6.45, 7) is 7.03. The van der Waals surface area contributed by atoms with Gasteiger partial charge < -0.3 is 29.7 Å². The second-order valence-electron chi connectivity index (χ2n) is 13.2. The fourth-order valence-corrected chi connectivity index (χ4v) is 8.94. The maximum absolute atomic E-state index is 15.0. The number of anilines is 1. The van der Waals surface area contributed by atoms with Crippen LogP contribution in [0, 0.1) is 11.8 Å². The van der Waals surface area contributed by atoms with Crippen molar-refractivity contribution >= 4 is 56.9 Å². The standard InChI is InChI=1S/C40H41BrClN3O7/c1-3-5-16-32(47)51-24-30(25-12-8-6-9-13-25)43-37(48)33-34-38(49)45(31(23-46)26-14-10-7-11-15-26)36(40(34)22-29(41)35(33)52-40)39(50)44(21-4-2)28-19-17-27(42)18-20-28/h3-4,6-15,17-20,29-31,33-36,46H,1-2,5,16,21-24H2,(H,43,48)/t29?,30-,31+,33+,34-,35+,36+,40-/m0/s1. The van der Waals surface area contributed by atoms with Crippen LogP contribution >= 0.6 is 27.5 Å². The highest BCUT2D eigenvalue weighted by atomic mass is 79.9. The van der Waals surface area contributed by atoms with Crippen molar-refractivity contribution in [2.45, 2.75) is 53.9 Å². The van der Waals surface area contributed by atoms with Crippen LogP contribution in [-0.4, -0.2) is 76.0 Å². The van der Waals surface area contributed by atoms with Gasteiger partial charge in [-0.3, -0.25) is 19.2 Å². The maximum atomic E-state index is 15.0. The first-order valence-corrected chi connectivity index (χ1v) is 18.5. The van der Waals surface area contributed by atoms with E-state index in [1.165, 1.54) is 9.80 Å². The summed E-state index contributed by atoms with van der Waals surface area (Å²) in [6.07, 6.45) is 3.35. The van der Waals surface area contributed by atoms with Crippen LogP contribution in [0.4, 0.5) is 5.69 Å². The summed E-state index contributed by atoms with van der Waals surface area (Å²) in [6, 6.07) is 22.1. The number of hydrogen-bond donors (Lipinski definition) is 2. The van der Waals surface area contributed by atoms with E-state index in [1.807, 2.05) is 36.4 Å². The number of likely N-dealkylation sites (tertiary alicyclic amines) is 1. The van der Waals surface area contributed by atoms with E-state index in [1.54, 1.807) is 60.7 Å². The van der Waals surface area contributed by atoms with E-state index in [2.05, 4.69) is 34.4 Å². The molecular formula is C40H41BrClN3O7. The summed E-state index contributed by atoms with van der Waals surface area (Å²) in [5.41, 5.74) is 0.457. The van der Waals surface area contributed by atoms with Crippen LogP contribution in [0.5, 0.6) is 0 Å². The van der Waals surface area contributed by atoms with Crippen LogP contribution in [0.1, 0.15) is 42.5 Å². The van der Waals surface area contributed by atoms with Crippen molar-refractivity contribution in [1.82, 2.24) is 10.2 Å². The summed E-state index contributed by atoms with van der Waals surface area (Å²) >= 11 is 9.93. The number of nitrogens with zero attached hydrogens (tertiary/aromatic N) is 2. The van der Waals surface area contributed by atoms with Crippen LogP contribution < -0.4 is 10.2 Å². The normalized spacial score (nSPS) is 25.6. The van der Waals surface area contributed by atoms with Crippen molar-refractivity contribution in [3.63, 3.8) is 0 Å². The average molecular weight is 791 g/mol. The van der Waals surface area contributed by atoms with Gasteiger partial charge in [-0.05, 0) is 48.2 Å². The molecular weight excluding hydrogens is 750 g/mol. The van der Waals surface area contributed by atoms with Gasteiger partial charge in [0.1, 0.15) is 18.2 Å². The first-order valence-electron chi connectivity index (χ1n) is 17.2. The van der Waals surface area contributed by atoms with E-state index in [0.717, 1.165) is 0 Å². The Hall–Kier alpha value is -4.29. The molecule has 3 saturated heterocycles. The predicted molar refractivity (Wildman–Crippen MR) is 201 cm³/mol. The lowest BCUT2D eigenvalue weighted by Crippen LogP contribution is -2.57. The number of rotatable bonds is 15. The molecule has 0 radical (unpaired) electrons. The zero-order valence-corrected chi connectivity index (χ0v) is 30.8. The van der Waals surface area contributed by atoms with Gasteiger partial charge in [0.05, 0.1) is 36.6 Å². The molecule has 10 nitrogen and oxygen atoms in total. The molecule has 2 bridgehead atoms. The Bertz CT molecular complexity index is 1800. The molecule has 3 aliphatic heterocycles. The summed E-state index contributed by atoms with van der Waals surface area (Å²) < 4.78 is 12.3. The third kappa shape index (κ3) is 7.07. The summed E-state index contributed by atoms with van der Waals surface area (Å²) in [5.74, 6) is -3.87. The van der Waals surface area contributed by atoms with Crippen LogP contribution in [0.3, 0.4) is 0 Å². The van der Waals surface area contributed by atoms with E-state index in [9.17, 15) is 19.5 Å². The van der Waals surface area contributed by atoms with Crippen molar-refractivity contribution in [1.29, 1.82) is 0 Å².